The molecule has 1 aromatic heterocycles. The van der Waals surface area contributed by atoms with Crippen LogP contribution in [0.2, 0.25) is 0 Å². The number of hydrogen-bond donors (Lipinski definition) is 2. The van der Waals surface area contributed by atoms with E-state index < -0.39 is 11.0 Å². The van der Waals surface area contributed by atoms with E-state index in [2.05, 4.69) is 27.6 Å². The molecule has 176 valence electrons. The monoisotopic (exact) mass is 478 g/mol. The van der Waals surface area contributed by atoms with Crippen LogP contribution >= 0.6 is 11.8 Å². The number of nitrogens with zero attached hydrogens (tertiary/aromatic N) is 4. The van der Waals surface area contributed by atoms with Gasteiger partial charge in [-0.1, -0.05) is 49.4 Å². The summed E-state index contributed by atoms with van der Waals surface area (Å²) in [6.45, 7) is 5.88. The summed E-state index contributed by atoms with van der Waals surface area (Å²) in [5.41, 5.74) is 3.26. The van der Waals surface area contributed by atoms with E-state index in [4.69, 9.17) is 0 Å². The molecular weight excluding hydrogens is 452 g/mol. The highest BCUT2D eigenvalue weighted by atomic mass is 32.2. The van der Waals surface area contributed by atoms with Gasteiger partial charge in [-0.2, -0.15) is 4.98 Å². The SMILES string of the molecule is CCCCSc1nc2n(n1)C(c1cccc([N+](=O)[O-])c1)C(C(=O)Nc1cccc(C)c1)=C(C)N2. The zero-order valence-corrected chi connectivity index (χ0v) is 20.1. The van der Waals surface area contributed by atoms with E-state index in [1.54, 1.807) is 35.5 Å². The number of benzene rings is 2. The van der Waals surface area contributed by atoms with Crippen molar-refractivity contribution in [1.29, 1.82) is 0 Å². The van der Waals surface area contributed by atoms with Gasteiger partial charge in [0.2, 0.25) is 11.1 Å². The van der Waals surface area contributed by atoms with Gasteiger partial charge in [0.05, 0.1) is 10.5 Å². The number of allylic oxidation sites excluding steroid dienone is 1. The summed E-state index contributed by atoms with van der Waals surface area (Å²) in [5, 5.41) is 22.9. The molecule has 1 aliphatic rings. The van der Waals surface area contributed by atoms with Crippen LogP contribution in [0.3, 0.4) is 0 Å². The van der Waals surface area contributed by atoms with Gasteiger partial charge >= 0.3 is 0 Å². The Morgan fingerprint density at radius 2 is 2.03 bits per heavy atom. The quantitative estimate of drug-likeness (QED) is 0.195. The summed E-state index contributed by atoms with van der Waals surface area (Å²) in [4.78, 5) is 29.1. The molecule has 2 aromatic carbocycles. The van der Waals surface area contributed by atoms with Crippen LogP contribution in [0.1, 0.15) is 43.9 Å². The number of aromatic nitrogens is 3. The summed E-state index contributed by atoms with van der Waals surface area (Å²) in [7, 11) is 0. The van der Waals surface area contributed by atoms with Crippen molar-refractivity contribution in [3.8, 4) is 0 Å². The number of rotatable bonds is 8. The number of non-ortho nitro benzene ring substituents is 1. The van der Waals surface area contributed by atoms with E-state index in [9.17, 15) is 14.9 Å². The normalized spacial score (nSPS) is 15.0. The lowest BCUT2D eigenvalue weighted by molar-refractivity contribution is -0.384. The van der Waals surface area contributed by atoms with E-state index in [1.807, 2.05) is 31.2 Å². The van der Waals surface area contributed by atoms with Crippen molar-refractivity contribution < 1.29 is 9.72 Å². The van der Waals surface area contributed by atoms with Crippen LogP contribution in [-0.4, -0.2) is 31.3 Å². The van der Waals surface area contributed by atoms with Crippen LogP contribution in [0, 0.1) is 17.0 Å². The number of aryl methyl sites for hydroxylation is 1. The minimum Gasteiger partial charge on any atom is -0.328 e. The van der Waals surface area contributed by atoms with Gasteiger partial charge in [-0.05, 0) is 43.5 Å². The van der Waals surface area contributed by atoms with Crippen LogP contribution in [-0.2, 0) is 4.79 Å². The fourth-order valence-corrected chi connectivity index (χ4v) is 4.74. The van der Waals surface area contributed by atoms with Gasteiger partial charge < -0.3 is 10.6 Å². The first kappa shape index (κ1) is 23.5. The highest BCUT2D eigenvalue weighted by molar-refractivity contribution is 7.99. The van der Waals surface area contributed by atoms with Crippen molar-refractivity contribution in [1.82, 2.24) is 14.8 Å². The third-order valence-electron chi connectivity index (χ3n) is 5.48. The lowest BCUT2D eigenvalue weighted by atomic mass is 9.94. The van der Waals surface area contributed by atoms with Crippen LogP contribution in [0.15, 0.2) is 65.0 Å². The van der Waals surface area contributed by atoms with Gasteiger partial charge in [-0.25, -0.2) is 4.68 Å². The largest absolute Gasteiger partial charge is 0.328 e. The molecule has 2 heterocycles. The summed E-state index contributed by atoms with van der Waals surface area (Å²) in [6, 6.07) is 13.2. The second-order valence-electron chi connectivity index (χ2n) is 8.11. The maximum atomic E-state index is 13.5. The van der Waals surface area contributed by atoms with Gasteiger partial charge in [-0.15, -0.1) is 5.10 Å². The van der Waals surface area contributed by atoms with Crippen LogP contribution < -0.4 is 10.6 Å². The van der Waals surface area contributed by atoms with Gasteiger partial charge in [-0.3, -0.25) is 14.9 Å². The number of hydrogen-bond acceptors (Lipinski definition) is 7. The Kier molecular flexibility index (Phi) is 6.97. The average molecular weight is 479 g/mol. The summed E-state index contributed by atoms with van der Waals surface area (Å²) in [6.07, 6.45) is 2.11. The Morgan fingerprint density at radius 1 is 1.24 bits per heavy atom. The number of thioether (sulfide) groups is 1. The van der Waals surface area contributed by atoms with E-state index in [0.29, 0.717) is 33.6 Å². The van der Waals surface area contributed by atoms with Gasteiger partial charge in [0.1, 0.15) is 6.04 Å². The number of fused-ring (bicyclic) bond motifs is 1. The number of nitro benzene ring substituents is 1. The Hall–Kier alpha value is -3.66. The average Bonchev–Trinajstić information content (AvgIpc) is 3.20. The molecule has 0 saturated carbocycles. The molecule has 34 heavy (non-hydrogen) atoms. The Morgan fingerprint density at radius 3 is 2.76 bits per heavy atom. The summed E-state index contributed by atoms with van der Waals surface area (Å²) in [5.74, 6) is 1.07. The molecule has 1 unspecified atom stereocenters. The molecule has 0 fully saturated rings. The lowest BCUT2D eigenvalue weighted by Gasteiger charge is -2.28. The maximum absolute atomic E-state index is 13.5. The van der Waals surface area contributed by atoms with Crippen molar-refractivity contribution in [3.63, 3.8) is 0 Å². The lowest BCUT2D eigenvalue weighted by Crippen LogP contribution is -2.31. The second-order valence-corrected chi connectivity index (χ2v) is 9.17. The van der Waals surface area contributed by atoms with Gasteiger partial charge in [0.15, 0.2) is 0 Å². The van der Waals surface area contributed by atoms with E-state index >= 15 is 0 Å². The first-order valence-corrected chi connectivity index (χ1v) is 12.1. The molecular formula is C24H26N6O3S. The van der Waals surface area contributed by atoms with Crippen LogP contribution in [0.4, 0.5) is 17.3 Å². The van der Waals surface area contributed by atoms with Crippen molar-refractivity contribution >= 4 is 35.0 Å². The molecule has 0 aliphatic carbocycles. The van der Waals surface area contributed by atoms with Crippen molar-refractivity contribution in [3.05, 3.63) is 81.0 Å². The predicted octanol–water partition coefficient (Wildman–Crippen LogP) is 5.31. The van der Waals surface area contributed by atoms with Gasteiger partial charge in [0, 0.05) is 29.3 Å². The molecule has 9 nitrogen and oxygen atoms in total. The minimum atomic E-state index is -0.672. The highest BCUT2D eigenvalue weighted by Crippen LogP contribution is 2.37. The molecule has 3 aromatic rings. The molecule has 0 radical (unpaired) electrons. The van der Waals surface area contributed by atoms with E-state index in [1.165, 1.54) is 12.1 Å². The summed E-state index contributed by atoms with van der Waals surface area (Å²) >= 11 is 1.55. The third kappa shape index (κ3) is 4.96. The Bertz CT molecular complexity index is 1270. The summed E-state index contributed by atoms with van der Waals surface area (Å²) < 4.78 is 1.64. The molecule has 4 rings (SSSR count). The smallest absolute Gasteiger partial charge is 0.269 e. The third-order valence-corrected chi connectivity index (χ3v) is 6.40. The van der Waals surface area contributed by atoms with Gasteiger partial charge in [0.25, 0.3) is 11.6 Å². The number of anilines is 2. The first-order valence-electron chi connectivity index (χ1n) is 11.1. The number of amides is 1. The number of unbranched alkanes of at least 4 members (excludes halogenated alkanes) is 1. The van der Waals surface area contributed by atoms with Crippen LogP contribution in [0.5, 0.6) is 0 Å². The minimum absolute atomic E-state index is 0.0497. The zero-order valence-electron chi connectivity index (χ0n) is 19.2. The van der Waals surface area contributed by atoms with Crippen molar-refractivity contribution in [2.45, 2.75) is 44.8 Å². The van der Waals surface area contributed by atoms with E-state index in [-0.39, 0.29) is 11.6 Å². The molecule has 2 N–H and O–H groups in total. The second kappa shape index (κ2) is 10.1. The molecule has 0 saturated heterocycles. The number of nitrogens with one attached hydrogen (secondary N) is 2. The fraction of sp³-hybridized carbons (Fsp3) is 0.292. The molecule has 10 heteroatoms. The number of carbonyl (C=O) groups is 1. The molecule has 0 spiro atoms. The molecule has 0 bridgehead atoms. The zero-order chi connectivity index (χ0) is 24.2. The fourth-order valence-electron chi connectivity index (χ4n) is 3.83. The van der Waals surface area contributed by atoms with Crippen molar-refractivity contribution in [2.75, 3.05) is 16.4 Å². The number of carbonyl (C=O) groups excluding carboxylic acids is 1. The number of nitro groups is 1. The predicted molar refractivity (Wildman–Crippen MR) is 133 cm³/mol. The standard InChI is InChI=1S/C24H26N6O3S/c1-4-5-12-34-24-27-23-25-16(3)20(22(31)26-18-10-6-8-15(2)13-18)21(29(23)28-24)17-9-7-11-19(14-17)30(32)33/h6-11,13-14,21H,4-5,12H2,1-3H3,(H,26,31)(H,25,27,28). The van der Waals surface area contributed by atoms with Crippen LogP contribution in [0.25, 0.3) is 0 Å². The molecule has 1 aliphatic heterocycles. The van der Waals surface area contributed by atoms with E-state index in [0.717, 1.165) is 24.2 Å². The topological polar surface area (TPSA) is 115 Å². The van der Waals surface area contributed by atoms with Crippen molar-refractivity contribution in [2.24, 2.45) is 0 Å². The Balaban J connectivity index is 1.76. The Labute approximate surface area is 201 Å². The first-order chi connectivity index (χ1) is 16.4. The highest BCUT2D eigenvalue weighted by Gasteiger charge is 2.35. The maximum Gasteiger partial charge on any atom is 0.269 e. The molecule has 1 amide bonds. The molecule has 1 atom stereocenters.